The van der Waals surface area contributed by atoms with Crippen molar-refractivity contribution in [3.63, 3.8) is 0 Å². The van der Waals surface area contributed by atoms with Gasteiger partial charge in [-0.2, -0.15) is 0 Å². The first kappa shape index (κ1) is 18.9. The Morgan fingerprint density at radius 3 is 2.48 bits per heavy atom. The molecule has 0 radical (unpaired) electrons. The topological polar surface area (TPSA) is 49.4 Å². The Morgan fingerprint density at radius 2 is 1.84 bits per heavy atom. The van der Waals surface area contributed by atoms with E-state index >= 15 is 0 Å². The highest BCUT2D eigenvalue weighted by atomic mass is 35.5. The lowest BCUT2D eigenvalue weighted by Gasteiger charge is -2.21. The number of hydrogen-bond donors (Lipinski definition) is 1. The normalized spacial score (nSPS) is 11.7. The molecule has 0 aliphatic heterocycles. The number of hydrogen-bond acceptors (Lipinski definition) is 2. The molecular weight excluding hydrogens is 343 g/mol. The van der Waals surface area contributed by atoms with E-state index in [2.05, 4.69) is 5.32 Å². The molecule has 4 nitrogen and oxygen atoms in total. The molecule has 1 atom stereocenters. The van der Waals surface area contributed by atoms with Crippen molar-refractivity contribution in [1.82, 2.24) is 10.2 Å². The summed E-state index contributed by atoms with van der Waals surface area (Å²) in [5, 5.41) is 3.06. The molecule has 0 bridgehead atoms. The van der Waals surface area contributed by atoms with Crippen molar-refractivity contribution in [3.05, 3.63) is 70.5 Å². The van der Waals surface area contributed by atoms with E-state index in [1.165, 1.54) is 17.0 Å². The van der Waals surface area contributed by atoms with E-state index in [0.717, 1.165) is 0 Å². The Balaban J connectivity index is 1.91. The maximum Gasteiger partial charge on any atom is 0.251 e. The lowest BCUT2D eigenvalue weighted by Crippen LogP contribution is -2.38. The predicted molar refractivity (Wildman–Crippen MR) is 95.9 cm³/mol. The van der Waals surface area contributed by atoms with Crippen LogP contribution in [0.15, 0.2) is 48.5 Å². The van der Waals surface area contributed by atoms with Gasteiger partial charge < -0.3 is 10.2 Å². The molecule has 0 fully saturated rings. The first-order valence-electron chi connectivity index (χ1n) is 7.91. The number of halogens is 2. The average Bonchev–Trinajstić information content (AvgIpc) is 2.58. The van der Waals surface area contributed by atoms with Gasteiger partial charge in [0.2, 0.25) is 5.91 Å². The van der Waals surface area contributed by atoms with Gasteiger partial charge in [-0.05, 0) is 31.2 Å². The zero-order valence-corrected chi connectivity index (χ0v) is 14.9. The summed E-state index contributed by atoms with van der Waals surface area (Å²) in [5.74, 6) is -0.890. The van der Waals surface area contributed by atoms with Crippen molar-refractivity contribution in [2.75, 3.05) is 7.05 Å². The number of carbonyl (C=O) groups is 2. The number of nitrogens with one attached hydrogen (secondary N) is 1. The van der Waals surface area contributed by atoms with Gasteiger partial charge in [0.1, 0.15) is 5.82 Å². The summed E-state index contributed by atoms with van der Waals surface area (Å²) in [7, 11) is 1.58. The molecule has 2 rings (SSSR count). The van der Waals surface area contributed by atoms with Gasteiger partial charge in [0.05, 0.1) is 0 Å². The molecule has 0 saturated carbocycles. The molecular formula is C19H20ClFN2O2. The first-order valence-corrected chi connectivity index (χ1v) is 8.29. The van der Waals surface area contributed by atoms with Crippen molar-refractivity contribution in [3.8, 4) is 0 Å². The SMILES string of the molecule is CC(CC(=O)N(C)Cc1c(F)cccc1Cl)NC(=O)c1ccccc1. The molecule has 0 spiro atoms. The van der Waals surface area contributed by atoms with E-state index < -0.39 is 5.82 Å². The van der Waals surface area contributed by atoms with Crippen LogP contribution in [0.25, 0.3) is 0 Å². The molecule has 1 unspecified atom stereocenters. The van der Waals surface area contributed by atoms with Crippen molar-refractivity contribution in [1.29, 1.82) is 0 Å². The smallest absolute Gasteiger partial charge is 0.251 e. The fourth-order valence-corrected chi connectivity index (χ4v) is 2.60. The second kappa shape index (κ2) is 8.62. The minimum absolute atomic E-state index is 0.0731. The van der Waals surface area contributed by atoms with Crippen LogP contribution in [0.4, 0.5) is 4.39 Å². The molecule has 2 aromatic rings. The average molecular weight is 363 g/mol. The summed E-state index contributed by atoms with van der Waals surface area (Å²) in [6.45, 7) is 1.83. The Hall–Kier alpha value is -2.40. The van der Waals surface area contributed by atoms with Crippen molar-refractivity contribution >= 4 is 23.4 Å². The fourth-order valence-electron chi connectivity index (χ4n) is 2.37. The molecule has 132 valence electrons. The fraction of sp³-hybridized carbons (Fsp3) is 0.263. The summed E-state index contributed by atoms with van der Waals surface area (Å²) < 4.78 is 13.8. The number of carbonyl (C=O) groups excluding carboxylic acids is 2. The van der Waals surface area contributed by atoms with E-state index in [1.54, 1.807) is 44.3 Å². The van der Waals surface area contributed by atoms with Gasteiger partial charge in [0, 0.05) is 42.2 Å². The van der Waals surface area contributed by atoms with Gasteiger partial charge >= 0.3 is 0 Å². The van der Waals surface area contributed by atoms with Gasteiger partial charge in [-0.1, -0.05) is 35.9 Å². The van der Waals surface area contributed by atoms with Crippen LogP contribution >= 0.6 is 11.6 Å². The largest absolute Gasteiger partial charge is 0.349 e. The van der Waals surface area contributed by atoms with Gasteiger partial charge in [0.25, 0.3) is 5.91 Å². The molecule has 0 heterocycles. The quantitative estimate of drug-likeness (QED) is 0.852. The minimum Gasteiger partial charge on any atom is -0.349 e. The highest BCUT2D eigenvalue weighted by Crippen LogP contribution is 2.20. The summed E-state index contributed by atoms with van der Waals surface area (Å²) in [4.78, 5) is 25.8. The molecule has 1 N–H and O–H groups in total. The Bertz CT molecular complexity index is 732. The van der Waals surface area contributed by atoms with E-state index in [9.17, 15) is 14.0 Å². The number of benzene rings is 2. The van der Waals surface area contributed by atoms with Crippen molar-refractivity contribution in [2.45, 2.75) is 25.9 Å². The Labute approximate surface area is 151 Å². The third-order valence-electron chi connectivity index (χ3n) is 3.78. The van der Waals surface area contributed by atoms with Crippen LogP contribution in [0.1, 0.15) is 29.3 Å². The van der Waals surface area contributed by atoms with E-state index in [4.69, 9.17) is 11.6 Å². The molecule has 0 aliphatic rings. The highest BCUT2D eigenvalue weighted by molar-refractivity contribution is 6.31. The van der Waals surface area contributed by atoms with Crippen LogP contribution in [0.5, 0.6) is 0 Å². The van der Waals surface area contributed by atoms with Crippen molar-refractivity contribution < 1.29 is 14.0 Å². The van der Waals surface area contributed by atoms with Crippen LogP contribution in [0.3, 0.4) is 0 Å². The van der Waals surface area contributed by atoms with E-state index in [1.807, 2.05) is 6.07 Å². The second-order valence-corrected chi connectivity index (χ2v) is 6.30. The van der Waals surface area contributed by atoms with E-state index in [-0.39, 0.29) is 41.4 Å². The number of rotatable bonds is 6. The van der Waals surface area contributed by atoms with Crippen LogP contribution in [-0.2, 0) is 11.3 Å². The Morgan fingerprint density at radius 1 is 1.16 bits per heavy atom. The molecule has 2 amide bonds. The zero-order valence-electron chi connectivity index (χ0n) is 14.1. The third kappa shape index (κ3) is 5.29. The van der Waals surface area contributed by atoms with Gasteiger partial charge in [-0.25, -0.2) is 4.39 Å². The van der Waals surface area contributed by atoms with Crippen LogP contribution in [0.2, 0.25) is 5.02 Å². The Kier molecular flexibility index (Phi) is 6.53. The molecule has 0 saturated heterocycles. The minimum atomic E-state index is -0.447. The summed E-state index contributed by atoms with van der Waals surface area (Å²) in [5.41, 5.74) is 0.814. The number of nitrogens with zero attached hydrogens (tertiary/aromatic N) is 1. The van der Waals surface area contributed by atoms with Crippen LogP contribution in [-0.4, -0.2) is 29.8 Å². The van der Waals surface area contributed by atoms with Gasteiger partial charge in [-0.3, -0.25) is 9.59 Å². The maximum atomic E-state index is 13.8. The molecule has 0 aliphatic carbocycles. The molecule has 6 heteroatoms. The summed E-state index contributed by atoms with van der Waals surface area (Å²) in [6, 6.07) is 12.8. The lowest BCUT2D eigenvalue weighted by atomic mass is 10.1. The van der Waals surface area contributed by atoms with Crippen molar-refractivity contribution in [2.24, 2.45) is 0 Å². The molecule has 2 aromatic carbocycles. The standard InChI is InChI=1S/C19H20ClFN2O2/c1-13(22-19(25)14-7-4-3-5-8-14)11-18(24)23(2)12-15-16(20)9-6-10-17(15)21/h3-10,13H,11-12H2,1-2H3,(H,22,25). The summed E-state index contributed by atoms with van der Waals surface area (Å²) >= 11 is 5.99. The first-order chi connectivity index (χ1) is 11.9. The number of amides is 2. The molecule has 25 heavy (non-hydrogen) atoms. The predicted octanol–water partition coefficient (Wildman–Crippen LogP) is 3.65. The monoisotopic (exact) mass is 362 g/mol. The van der Waals surface area contributed by atoms with Gasteiger partial charge in [0.15, 0.2) is 0 Å². The summed E-state index contributed by atoms with van der Waals surface area (Å²) in [6.07, 6.45) is 0.112. The van der Waals surface area contributed by atoms with Gasteiger partial charge in [-0.15, -0.1) is 0 Å². The van der Waals surface area contributed by atoms with Crippen LogP contribution < -0.4 is 5.32 Å². The maximum absolute atomic E-state index is 13.8. The van der Waals surface area contributed by atoms with Crippen LogP contribution in [0, 0.1) is 5.82 Å². The third-order valence-corrected chi connectivity index (χ3v) is 4.13. The second-order valence-electron chi connectivity index (χ2n) is 5.89. The van der Waals surface area contributed by atoms with E-state index in [0.29, 0.717) is 5.56 Å². The zero-order chi connectivity index (χ0) is 18.4. The highest BCUT2D eigenvalue weighted by Gasteiger charge is 2.18. The lowest BCUT2D eigenvalue weighted by molar-refractivity contribution is -0.130. The molecule has 0 aromatic heterocycles.